The van der Waals surface area contributed by atoms with Gasteiger partial charge in [0.25, 0.3) is 0 Å². The molecular formula is C14H12F2N2O2. The van der Waals surface area contributed by atoms with Crippen molar-refractivity contribution in [1.82, 2.24) is 0 Å². The second-order valence-corrected chi connectivity index (χ2v) is 4.28. The highest BCUT2D eigenvalue weighted by molar-refractivity contribution is 6.00. The van der Waals surface area contributed by atoms with Crippen molar-refractivity contribution in [3.05, 3.63) is 53.1 Å². The highest BCUT2D eigenvalue weighted by Gasteiger charge is 2.17. The van der Waals surface area contributed by atoms with Crippen LogP contribution in [-0.4, -0.2) is 11.1 Å². The van der Waals surface area contributed by atoms with Gasteiger partial charge in [0.1, 0.15) is 17.2 Å². The summed E-state index contributed by atoms with van der Waals surface area (Å²) in [4.78, 5) is 11.1. The van der Waals surface area contributed by atoms with Gasteiger partial charge in [-0.25, -0.2) is 13.6 Å². The van der Waals surface area contributed by atoms with Crippen LogP contribution in [0.1, 0.15) is 15.9 Å². The van der Waals surface area contributed by atoms with Crippen LogP contribution >= 0.6 is 0 Å². The van der Waals surface area contributed by atoms with E-state index in [0.717, 1.165) is 6.07 Å². The number of hydrogen-bond donors (Lipinski definition) is 3. The average molecular weight is 278 g/mol. The Labute approximate surface area is 113 Å². The maximum Gasteiger partial charge on any atom is 0.340 e. The third-order valence-corrected chi connectivity index (χ3v) is 2.86. The average Bonchev–Trinajstić information content (AvgIpc) is 2.38. The summed E-state index contributed by atoms with van der Waals surface area (Å²) in [6.45, 7) is 1.61. The molecule has 0 aromatic heterocycles. The van der Waals surface area contributed by atoms with E-state index >= 15 is 0 Å². The van der Waals surface area contributed by atoms with Gasteiger partial charge in [0, 0.05) is 5.69 Å². The molecule has 2 aromatic carbocycles. The normalized spacial score (nSPS) is 10.3. The molecule has 0 aliphatic heterocycles. The predicted molar refractivity (Wildman–Crippen MR) is 72.2 cm³/mol. The van der Waals surface area contributed by atoms with E-state index in [4.69, 9.17) is 10.8 Å². The van der Waals surface area contributed by atoms with E-state index in [2.05, 4.69) is 5.32 Å². The Morgan fingerprint density at radius 1 is 1.20 bits per heavy atom. The fourth-order valence-corrected chi connectivity index (χ4v) is 1.75. The second kappa shape index (κ2) is 5.16. The van der Waals surface area contributed by atoms with E-state index in [9.17, 15) is 13.6 Å². The molecule has 0 spiro atoms. The van der Waals surface area contributed by atoms with E-state index in [-0.39, 0.29) is 11.3 Å². The van der Waals surface area contributed by atoms with Crippen molar-refractivity contribution in [2.75, 3.05) is 11.1 Å². The van der Waals surface area contributed by atoms with Crippen molar-refractivity contribution in [1.29, 1.82) is 0 Å². The van der Waals surface area contributed by atoms with E-state index < -0.39 is 23.3 Å². The maximum absolute atomic E-state index is 13.4. The molecule has 0 fully saturated rings. The molecule has 6 heteroatoms. The maximum atomic E-state index is 13.4. The molecular weight excluding hydrogens is 266 g/mol. The summed E-state index contributed by atoms with van der Waals surface area (Å²) in [7, 11) is 0. The summed E-state index contributed by atoms with van der Waals surface area (Å²) in [5.41, 5.74) is 5.49. The smallest absolute Gasteiger partial charge is 0.340 e. The molecule has 0 atom stereocenters. The lowest BCUT2D eigenvalue weighted by atomic mass is 10.1. The summed E-state index contributed by atoms with van der Waals surface area (Å²) in [5, 5.41) is 11.8. The number of carbonyl (C=O) groups is 1. The Morgan fingerprint density at radius 3 is 2.50 bits per heavy atom. The number of halogens is 2. The number of hydrogen-bond acceptors (Lipinski definition) is 3. The van der Waals surface area contributed by atoms with Crippen LogP contribution in [0.5, 0.6) is 0 Å². The molecule has 0 unspecified atom stereocenters. The van der Waals surface area contributed by atoms with Gasteiger partial charge in [-0.05, 0) is 36.8 Å². The molecule has 104 valence electrons. The van der Waals surface area contributed by atoms with Gasteiger partial charge in [0.05, 0.1) is 11.4 Å². The Kier molecular flexibility index (Phi) is 3.56. The zero-order chi connectivity index (χ0) is 14.9. The van der Waals surface area contributed by atoms with Gasteiger partial charge in [-0.2, -0.15) is 0 Å². The van der Waals surface area contributed by atoms with Crippen molar-refractivity contribution < 1.29 is 18.7 Å². The Morgan fingerprint density at radius 2 is 1.90 bits per heavy atom. The molecule has 4 N–H and O–H groups in total. The molecule has 0 aliphatic rings. The zero-order valence-electron chi connectivity index (χ0n) is 10.6. The van der Waals surface area contributed by atoms with Crippen LogP contribution in [-0.2, 0) is 0 Å². The first kappa shape index (κ1) is 13.8. The number of nitrogens with one attached hydrogen (secondary N) is 1. The fourth-order valence-electron chi connectivity index (χ4n) is 1.75. The standard InChI is InChI=1S/C14H12F2N2O2/c1-7-2-3-8(6-10(7)16)18-11-5-4-9(15)13(17)12(11)14(19)20/h2-6,18H,17H2,1H3,(H,19,20). The lowest BCUT2D eigenvalue weighted by molar-refractivity contribution is 0.0698. The summed E-state index contributed by atoms with van der Waals surface area (Å²) in [6, 6.07) is 6.65. The molecule has 20 heavy (non-hydrogen) atoms. The molecule has 0 bridgehead atoms. The highest BCUT2D eigenvalue weighted by Crippen LogP contribution is 2.28. The third kappa shape index (κ3) is 2.54. The number of anilines is 3. The third-order valence-electron chi connectivity index (χ3n) is 2.86. The van der Waals surface area contributed by atoms with Crippen molar-refractivity contribution in [2.45, 2.75) is 6.92 Å². The minimum absolute atomic E-state index is 0.0969. The van der Waals surface area contributed by atoms with Gasteiger partial charge in [-0.1, -0.05) is 6.07 Å². The van der Waals surface area contributed by atoms with Crippen LogP contribution in [0.3, 0.4) is 0 Å². The largest absolute Gasteiger partial charge is 0.478 e. The highest BCUT2D eigenvalue weighted by atomic mass is 19.1. The summed E-state index contributed by atoms with van der Waals surface area (Å²) >= 11 is 0. The molecule has 2 aromatic rings. The minimum atomic E-state index is -1.36. The first-order valence-corrected chi connectivity index (χ1v) is 5.74. The van der Waals surface area contributed by atoms with Gasteiger partial charge in [-0.15, -0.1) is 0 Å². The molecule has 0 radical (unpaired) electrons. The topological polar surface area (TPSA) is 75.3 Å². The Balaban J connectivity index is 2.45. The molecule has 0 aliphatic carbocycles. The number of carboxylic acid groups (broad SMARTS) is 1. The first-order valence-electron chi connectivity index (χ1n) is 5.74. The molecule has 0 saturated carbocycles. The van der Waals surface area contributed by atoms with Gasteiger partial charge < -0.3 is 16.2 Å². The molecule has 2 rings (SSSR count). The second-order valence-electron chi connectivity index (χ2n) is 4.28. The number of benzene rings is 2. The number of aryl methyl sites for hydroxylation is 1. The van der Waals surface area contributed by atoms with Crippen molar-refractivity contribution >= 4 is 23.0 Å². The van der Waals surface area contributed by atoms with Crippen molar-refractivity contribution in [3.8, 4) is 0 Å². The summed E-state index contributed by atoms with van der Waals surface area (Å²) in [6.07, 6.45) is 0. The van der Waals surface area contributed by atoms with Gasteiger partial charge in [-0.3, -0.25) is 0 Å². The number of nitrogens with two attached hydrogens (primary N) is 1. The van der Waals surface area contributed by atoms with E-state index in [0.29, 0.717) is 11.3 Å². The summed E-state index contributed by atoms with van der Waals surface area (Å²) < 4.78 is 26.7. The van der Waals surface area contributed by atoms with E-state index in [1.807, 2.05) is 0 Å². The lowest BCUT2D eigenvalue weighted by Gasteiger charge is -2.12. The zero-order valence-corrected chi connectivity index (χ0v) is 10.6. The van der Waals surface area contributed by atoms with Gasteiger partial charge in [0.15, 0.2) is 0 Å². The molecule has 4 nitrogen and oxygen atoms in total. The quantitative estimate of drug-likeness (QED) is 0.753. The van der Waals surface area contributed by atoms with E-state index in [1.165, 1.54) is 12.1 Å². The van der Waals surface area contributed by atoms with Crippen LogP contribution in [0, 0.1) is 18.6 Å². The Hall–Kier alpha value is -2.63. The SMILES string of the molecule is Cc1ccc(Nc2ccc(F)c(N)c2C(=O)O)cc1F. The van der Waals surface area contributed by atoms with Crippen LogP contribution in [0.2, 0.25) is 0 Å². The van der Waals surface area contributed by atoms with Crippen LogP contribution < -0.4 is 11.1 Å². The molecule has 0 saturated heterocycles. The molecule has 0 heterocycles. The van der Waals surface area contributed by atoms with Gasteiger partial charge >= 0.3 is 5.97 Å². The van der Waals surface area contributed by atoms with Crippen molar-refractivity contribution in [2.24, 2.45) is 0 Å². The van der Waals surface area contributed by atoms with Crippen LogP contribution in [0.4, 0.5) is 25.8 Å². The van der Waals surface area contributed by atoms with E-state index in [1.54, 1.807) is 19.1 Å². The number of nitrogen functional groups attached to an aromatic ring is 1. The fraction of sp³-hybridized carbons (Fsp3) is 0.0714. The number of rotatable bonds is 3. The lowest BCUT2D eigenvalue weighted by Crippen LogP contribution is -2.08. The monoisotopic (exact) mass is 278 g/mol. The Bertz CT molecular complexity index is 687. The van der Waals surface area contributed by atoms with Crippen LogP contribution in [0.15, 0.2) is 30.3 Å². The number of carboxylic acids is 1. The predicted octanol–water partition coefficient (Wildman–Crippen LogP) is 3.30. The number of aromatic carboxylic acids is 1. The minimum Gasteiger partial charge on any atom is -0.478 e. The van der Waals surface area contributed by atoms with Crippen molar-refractivity contribution in [3.63, 3.8) is 0 Å². The van der Waals surface area contributed by atoms with Gasteiger partial charge in [0.2, 0.25) is 0 Å². The van der Waals surface area contributed by atoms with Crippen LogP contribution in [0.25, 0.3) is 0 Å². The first-order chi connectivity index (χ1) is 9.40. The summed E-state index contributed by atoms with van der Waals surface area (Å²) in [5.74, 6) is -2.61. The molecule has 0 amide bonds.